The molecule has 148 valence electrons. The molecule has 4 heterocycles. The van der Waals surface area contributed by atoms with E-state index in [9.17, 15) is 13.2 Å². The SMILES string of the molecule is Cc1cc(N2CCC(Nc3ccc4nnc(C(F)(F)F)n4n3)CC2)nc(C)n1. The third-order valence-electron chi connectivity index (χ3n) is 4.64. The monoisotopic (exact) mass is 392 g/mol. The predicted molar refractivity (Wildman–Crippen MR) is 96.1 cm³/mol. The maximum absolute atomic E-state index is 13.0. The number of alkyl halides is 3. The fourth-order valence-corrected chi connectivity index (χ4v) is 3.36. The van der Waals surface area contributed by atoms with Crippen LogP contribution in [0, 0.1) is 13.8 Å². The summed E-state index contributed by atoms with van der Waals surface area (Å²) in [5.41, 5.74) is 0.983. The molecule has 3 aromatic rings. The highest BCUT2D eigenvalue weighted by Gasteiger charge is 2.37. The lowest BCUT2D eigenvalue weighted by atomic mass is 10.1. The molecule has 1 N–H and O–H groups in total. The second kappa shape index (κ2) is 6.88. The smallest absolute Gasteiger partial charge is 0.366 e. The molecular formula is C17H19F3N8. The van der Waals surface area contributed by atoms with E-state index in [1.165, 1.54) is 6.07 Å². The molecule has 0 aromatic carbocycles. The molecule has 0 saturated carbocycles. The lowest BCUT2D eigenvalue weighted by Gasteiger charge is -2.33. The van der Waals surface area contributed by atoms with Gasteiger partial charge in [-0.05, 0) is 38.8 Å². The van der Waals surface area contributed by atoms with Crippen molar-refractivity contribution in [3.63, 3.8) is 0 Å². The summed E-state index contributed by atoms with van der Waals surface area (Å²) >= 11 is 0. The molecule has 1 saturated heterocycles. The van der Waals surface area contributed by atoms with E-state index < -0.39 is 12.0 Å². The molecule has 1 fully saturated rings. The molecular weight excluding hydrogens is 373 g/mol. The van der Waals surface area contributed by atoms with Gasteiger partial charge in [-0.15, -0.1) is 15.3 Å². The van der Waals surface area contributed by atoms with Crippen molar-refractivity contribution in [3.05, 3.63) is 35.5 Å². The number of anilines is 2. The van der Waals surface area contributed by atoms with Gasteiger partial charge < -0.3 is 10.2 Å². The van der Waals surface area contributed by atoms with Gasteiger partial charge in [-0.25, -0.2) is 9.97 Å². The van der Waals surface area contributed by atoms with Gasteiger partial charge in [0.1, 0.15) is 17.5 Å². The summed E-state index contributed by atoms with van der Waals surface area (Å²) in [5, 5.41) is 14.0. The van der Waals surface area contributed by atoms with Crippen molar-refractivity contribution in [2.24, 2.45) is 0 Å². The Bertz CT molecular complexity index is 971. The highest BCUT2D eigenvalue weighted by atomic mass is 19.4. The highest BCUT2D eigenvalue weighted by molar-refractivity contribution is 5.45. The van der Waals surface area contributed by atoms with Crippen molar-refractivity contribution in [1.82, 2.24) is 29.8 Å². The number of piperidine rings is 1. The van der Waals surface area contributed by atoms with Crippen molar-refractivity contribution >= 4 is 17.3 Å². The fraction of sp³-hybridized carbons (Fsp3) is 0.471. The Labute approximate surface area is 158 Å². The second-order valence-electron chi connectivity index (χ2n) is 6.83. The van der Waals surface area contributed by atoms with Gasteiger partial charge in [-0.1, -0.05) is 0 Å². The first-order valence-electron chi connectivity index (χ1n) is 8.93. The first-order chi connectivity index (χ1) is 13.3. The van der Waals surface area contributed by atoms with Gasteiger partial charge in [0, 0.05) is 30.9 Å². The van der Waals surface area contributed by atoms with Crippen LogP contribution in [-0.2, 0) is 6.18 Å². The lowest BCUT2D eigenvalue weighted by Crippen LogP contribution is -2.39. The molecule has 1 aliphatic heterocycles. The van der Waals surface area contributed by atoms with Crippen LogP contribution in [0.15, 0.2) is 18.2 Å². The number of halogens is 3. The summed E-state index contributed by atoms with van der Waals surface area (Å²) in [5.74, 6) is 0.880. The van der Waals surface area contributed by atoms with Crippen molar-refractivity contribution < 1.29 is 13.2 Å². The average Bonchev–Trinajstić information content (AvgIpc) is 3.05. The Morgan fingerprint density at radius 2 is 1.82 bits per heavy atom. The number of hydrogen-bond donors (Lipinski definition) is 1. The first kappa shape index (κ1) is 18.4. The van der Waals surface area contributed by atoms with Gasteiger partial charge in [-0.3, -0.25) is 0 Å². The van der Waals surface area contributed by atoms with Crippen molar-refractivity contribution in [3.8, 4) is 0 Å². The number of nitrogens with one attached hydrogen (secondary N) is 1. The molecule has 0 radical (unpaired) electrons. The summed E-state index contributed by atoms with van der Waals surface area (Å²) in [6.07, 6.45) is -2.98. The van der Waals surface area contributed by atoms with Gasteiger partial charge in [0.2, 0.25) is 0 Å². The second-order valence-corrected chi connectivity index (χ2v) is 6.83. The zero-order valence-corrected chi connectivity index (χ0v) is 15.4. The molecule has 0 bridgehead atoms. The molecule has 0 spiro atoms. The van der Waals surface area contributed by atoms with Crippen LogP contribution in [0.1, 0.15) is 30.2 Å². The molecule has 8 nitrogen and oxygen atoms in total. The standard InChI is InChI=1S/C17H19F3N8/c1-10-9-15(22-11(2)21-10)27-7-5-12(6-8-27)23-13-3-4-14-24-25-16(17(18,19)20)28(14)26-13/h3-4,9,12H,5-8H2,1-2H3,(H,23,26). The summed E-state index contributed by atoms with van der Waals surface area (Å²) in [6.45, 7) is 5.38. The number of nitrogens with zero attached hydrogens (tertiary/aromatic N) is 7. The van der Waals surface area contributed by atoms with E-state index in [2.05, 4.69) is 35.5 Å². The van der Waals surface area contributed by atoms with E-state index in [0.717, 1.165) is 47.8 Å². The normalized spacial score (nSPS) is 16.0. The molecule has 3 aromatic heterocycles. The Morgan fingerprint density at radius 1 is 1.07 bits per heavy atom. The number of aromatic nitrogens is 6. The maximum Gasteiger partial charge on any atom is 0.453 e. The van der Waals surface area contributed by atoms with Gasteiger partial charge in [-0.2, -0.15) is 17.7 Å². The molecule has 0 atom stereocenters. The molecule has 1 aliphatic rings. The van der Waals surface area contributed by atoms with Crippen LogP contribution in [0.4, 0.5) is 24.8 Å². The Balaban J connectivity index is 1.45. The van der Waals surface area contributed by atoms with Crippen LogP contribution >= 0.6 is 0 Å². The predicted octanol–water partition coefficient (Wildman–Crippen LogP) is 2.63. The van der Waals surface area contributed by atoms with Gasteiger partial charge in [0.15, 0.2) is 5.65 Å². The molecule has 0 amide bonds. The summed E-state index contributed by atoms with van der Waals surface area (Å²) in [4.78, 5) is 11.0. The van der Waals surface area contributed by atoms with Crippen LogP contribution in [0.3, 0.4) is 0 Å². The Morgan fingerprint density at radius 3 is 2.50 bits per heavy atom. The van der Waals surface area contributed by atoms with Crippen molar-refractivity contribution in [1.29, 1.82) is 0 Å². The number of aryl methyl sites for hydroxylation is 2. The van der Waals surface area contributed by atoms with Crippen LogP contribution < -0.4 is 10.2 Å². The third kappa shape index (κ3) is 3.69. The maximum atomic E-state index is 13.0. The Kier molecular flexibility index (Phi) is 4.52. The van der Waals surface area contributed by atoms with Crippen LogP contribution in [0.2, 0.25) is 0 Å². The first-order valence-corrected chi connectivity index (χ1v) is 8.93. The quantitative estimate of drug-likeness (QED) is 0.734. The number of rotatable bonds is 3. The molecule has 0 unspecified atom stereocenters. The van der Waals surface area contributed by atoms with Gasteiger partial charge in [0.05, 0.1) is 0 Å². The summed E-state index contributed by atoms with van der Waals surface area (Å²) in [6, 6.07) is 5.16. The average molecular weight is 392 g/mol. The minimum Gasteiger partial charge on any atom is -0.366 e. The topological polar surface area (TPSA) is 84.1 Å². The molecule has 4 rings (SSSR count). The van der Waals surface area contributed by atoms with E-state index in [4.69, 9.17) is 0 Å². The summed E-state index contributed by atoms with van der Waals surface area (Å²) < 4.78 is 39.7. The molecule has 0 aliphatic carbocycles. The van der Waals surface area contributed by atoms with Crippen LogP contribution in [0.5, 0.6) is 0 Å². The minimum absolute atomic E-state index is 0.0576. The zero-order chi connectivity index (χ0) is 19.9. The molecule has 28 heavy (non-hydrogen) atoms. The van der Waals surface area contributed by atoms with Crippen LogP contribution in [0.25, 0.3) is 5.65 Å². The van der Waals surface area contributed by atoms with E-state index in [0.29, 0.717) is 5.82 Å². The Hall–Kier alpha value is -2.98. The van der Waals surface area contributed by atoms with Gasteiger partial charge >= 0.3 is 6.18 Å². The van der Waals surface area contributed by atoms with E-state index in [1.54, 1.807) is 6.07 Å². The summed E-state index contributed by atoms with van der Waals surface area (Å²) in [7, 11) is 0. The number of fused-ring (bicyclic) bond motifs is 1. The van der Waals surface area contributed by atoms with Crippen LogP contribution in [-0.4, -0.2) is 48.9 Å². The van der Waals surface area contributed by atoms with Crippen molar-refractivity contribution in [2.75, 3.05) is 23.3 Å². The zero-order valence-electron chi connectivity index (χ0n) is 15.4. The minimum atomic E-state index is -4.61. The van der Waals surface area contributed by atoms with E-state index >= 15 is 0 Å². The van der Waals surface area contributed by atoms with Gasteiger partial charge in [0.25, 0.3) is 5.82 Å². The third-order valence-corrected chi connectivity index (χ3v) is 4.64. The lowest BCUT2D eigenvalue weighted by molar-refractivity contribution is -0.146. The highest BCUT2D eigenvalue weighted by Crippen LogP contribution is 2.28. The van der Waals surface area contributed by atoms with E-state index in [-0.39, 0.29) is 11.7 Å². The van der Waals surface area contributed by atoms with E-state index in [1.807, 2.05) is 19.9 Å². The van der Waals surface area contributed by atoms with Crippen molar-refractivity contribution in [2.45, 2.75) is 38.9 Å². The fourth-order valence-electron chi connectivity index (χ4n) is 3.36. The number of hydrogen-bond acceptors (Lipinski definition) is 7. The largest absolute Gasteiger partial charge is 0.453 e. The molecule has 11 heteroatoms.